The fourth-order valence-corrected chi connectivity index (χ4v) is 5.18. The molecular formula is C15H12ClF2N5O3S2. The summed E-state index contributed by atoms with van der Waals surface area (Å²) in [7, 11) is -3.90. The van der Waals surface area contributed by atoms with Gasteiger partial charge < -0.3 is 0 Å². The first-order chi connectivity index (χ1) is 13.1. The van der Waals surface area contributed by atoms with Crippen LogP contribution >= 0.6 is 22.9 Å². The van der Waals surface area contributed by atoms with Crippen LogP contribution in [0.2, 0.25) is 5.02 Å². The maximum Gasteiger partial charge on any atom is 0.291 e. The summed E-state index contributed by atoms with van der Waals surface area (Å²) in [4.78, 5) is 15.3. The van der Waals surface area contributed by atoms with Gasteiger partial charge in [-0.05, 0) is 25.8 Å². The number of sulfonamides is 1. The Balaban J connectivity index is 1.91. The molecule has 1 saturated carbocycles. The van der Waals surface area contributed by atoms with Gasteiger partial charge in [0, 0.05) is 11.7 Å². The first-order valence-corrected chi connectivity index (χ1v) is 10.6. The number of alkyl halides is 2. The molecule has 0 atom stereocenters. The van der Waals surface area contributed by atoms with Gasteiger partial charge in [-0.3, -0.25) is 9.20 Å². The number of hydrogen-bond donors (Lipinski definition) is 1. The van der Waals surface area contributed by atoms with E-state index in [1.807, 2.05) is 0 Å². The normalized spacial score (nSPS) is 16.0. The lowest BCUT2D eigenvalue weighted by Gasteiger charge is -2.13. The lowest BCUT2D eigenvalue weighted by atomic mass is 10.3. The van der Waals surface area contributed by atoms with Crippen molar-refractivity contribution < 1.29 is 22.0 Å². The summed E-state index contributed by atoms with van der Waals surface area (Å²) in [5, 5.41) is 6.54. The molecule has 1 aliphatic rings. The number of imidazole rings is 1. The Morgan fingerprint density at radius 2 is 2.11 bits per heavy atom. The Morgan fingerprint density at radius 1 is 1.39 bits per heavy atom. The number of fused-ring (bicyclic) bond motifs is 1. The van der Waals surface area contributed by atoms with Crippen molar-refractivity contribution in [2.75, 3.05) is 0 Å². The molecule has 8 nitrogen and oxygen atoms in total. The van der Waals surface area contributed by atoms with Crippen LogP contribution in [0.5, 0.6) is 0 Å². The quantitative estimate of drug-likeness (QED) is 0.582. The summed E-state index contributed by atoms with van der Waals surface area (Å²) >= 11 is 6.82. The highest BCUT2D eigenvalue weighted by Crippen LogP contribution is 2.37. The van der Waals surface area contributed by atoms with Gasteiger partial charge in [-0.1, -0.05) is 22.9 Å². The van der Waals surface area contributed by atoms with E-state index in [4.69, 9.17) is 11.6 Å². The molecule has 3 aromatic rings. The summed E-state index contributed by atoms with van der Waals surface area (Å²) in [5.74, 6) is -0.00177. The molecule has 148 valence electrons. The minimum atomic E-state index is -3.90. The van der Waals surface area contributed by atoms with E-state index in [2.05, 4.69) is 19.9 Å². The third kappa shape index (κ3) is 3.30. The van der Waals surface area contributed by atoms with Gasteiger partial charge in [0.25, 0.3) is 6.43 Å². The molecule has 3 heterocycles. The third-order valence-electron chi connectivity index (χ3n) is 4.31. The molecular weight excluding hydrogens is 436 g/mol. The lowest BCUT2D eigenvalue weighted by Crippen LogP contribution is -2.34. The molecule has 0 radical (unpaired) electrons. The van der Waals surface area contributed by atoms with Crippen molar-refractivity contribution in [3.8, 4) is 10.8 Å². The van der Waals surface area contributed by atoms with E-state index in [-0.39, 0.29) is 32.0 Å². The van der Waals surface area contributed by atoms with E-state index in [0.717, 1.165) is 12.8 Å². The highest BCUT2D eigenvalue weighted by Gasteiger charge is 2.41. The van der Waals surface area contributed by atoms with Crippen molar-refractivity contribution in [2.24, 2.45) is 0 Å². The zero-order chi connectivity index (χ0) is 20.3. The molecule has 1 fully saturated rings. The average Bonchev–Trinajstić information content (AvgIpc) is 3.04. The predicted octanol–water partition coefficient (Wildman–Crippen LogP) is 3.09. The Morgan fingerprint density at radius 3 is 2.68 bits per heavy atom. The molecule has 0 unspecified atom stereocenters. The summed E-state index contributed by atoms with van der Waals surface area (Å²) in [6.45, 7) is 1.78. The van der Waals surface area contributed by atoms with Gasteiger partial charge in [0.2, 0.25) is 10.0 Å². The fraction of sp³-hybridized carbons (Fsp3) is 0.333. The SMILES string of the molecule is CC1(NS(=O)(=O)c2cc(Cl)c3c(C=O)nc(-c4nnc(C(F)F)s4)n3c2)CC1. The van der Waals surface area contributed by atoms with Gasteiger partial charge in [0.1, 0.15) is 10.6 Å². The Labute approximate surface area is 166 Å². The van der Waals surface area contributed by atoms with Gasteiger partial charge >= 0.3 is 0 Å². The highest BCUT2D eigenvalue weighted by molar-refractivity contribution is 7.89. The minimum absolute atomic E-state index is 0.00177. The number of carbonyl (C=O) groups excluding carboxylic acids is 1. The average molecular weight is 448 g/mol. The number of aromatic nitrogens is 4. The molecule has 0 amide bonds. The molecule has 0 aromatic carbocycles. The van der Waals surface area contributed by atoms with Crippen molar-refractivity contribution in [1.29, 1.82) is 0 Å². The van der Waals surface area contributed by atoms with Crippen LogP contribution in [0, 0.1) is 0 Å². The monoisotopic (exact) mass is 447 g/mol. The first-order valence-electron chi connectivity index (χ1n) is 7.96. The summed E-state index contributed by atoms with van der Waals surface area (Å²) < 4.78 is 55.0. The zero-order valence-corrected chi connectivity index (χ0v) is 16.6. The Kier molecular flexibility index (Phi) is 4.49. The molecule has 4 rings (SSSR count). The summed E-state index contributed by atoms with van der Waals surface area (Å²) in [6.07, 6.45) is 0.293. The second-order valence-electron chi connectivity index (χ2n) is 6.59. The number of rotatable bonds is 6. The maximum atomic E-state index is 12.8. The van der Waals surface area contributed by atoms with E-state index in [0.29, 0.717) is 17.6 Å². The standard InChI is InChI=1S/C15H12ClF2N5O3S2/c1-15(2-3-15)22-28(25,26)7-4-8(16)10-9(6-24)19-12(23(10)5-7)14-21-20-13(27-14)11(17)18/h4-6,11,22H,2-3H2,1H3. The largest absolute Gasteiger partial charge is 0.296 e. The van der Waals surface area contributed by atoms with Crippen LogP contribution in [0.1, 0.15) is 41.7 Å². The van der Waals surface area contributed by atoms with E-state index in [9.17, 15) is 22.0 Å². The smallest absolute Gasteiger partial charge is 0.291 e. The minimum Gasteiger partial charge on any atom is -0.296 e. The van der Waals surface area contributed by atoms with Crippen LogP contribution < -0.4 is 4.72 Å². The molecule has 0 spiro atoms. The second kappa shape index (κ2) is 6.51. The molecule has 1 aliphatic carbocycles. The molecule has 28 heavy (non-hydrogen) atoms. The predicted molar refractivity (Wildman–Crippen MR) is 97.4 cm³/mol. The summed E-state index contributed by atoms with van der Waals surface area (Å²) in [6, 6.07) is 1.22. The molecule has 0 bridgehead atoms. The van der Waals surface area contributed by atoms with E-state index in [1.165, 1.54) is 16.7 Å². The molecule has 0 saturated heterocycles. The lowest BCUT2D eigenvalue weighted by molar-refractivity contribution is 0.112. The van der Waals surface area contributed by atoms with Crippen molar-refractivity contribution in [1.82, 2.24) is 24.3 Å². The van der Waals surface area contributed by atoms with Crippen LogP contribution in [0.3, 0.4) is 0 Å². The molecule has 1 N–H and O–H groups in total. The molecule has 0 aliphatic heterocycles. The van der Waals surface area contributed by atoms with Crippen molar-refractivity contribution >= 4 is 44.8 Å². The Hall–Kier alpha value is -2.02. The third-order valence-corrected chi connectivity index (χ3v) is 7.13. The van der Waals surface area contributed by atoms with Gasteiger partial charge in [0.05, 0.1) is 10.5 Å². The first kappa shape index (κ1) is 19.3. The van der Waals surface area contributed by atoms with Crippen molar-refractivity contribution in [2.45, 2.75) is 36.6 Å². The number of nitrogens with one attached hydrogen (secondary N) is 1. The van der Waals surface area contributed by atoms with E-state index >= 15 is 0 Å². The van der Waals surface area contributed by atoms with Crippen LogP contribution in [0.4, 0.5) is 8.78 Å². The van der Waals surface area contributed by atoms with Crippen molar-refractivity contribution in [3.63, 3.8) is 0 Å². The number of carbonyl (C=O) groups is 1. The molecule has 13 heteroatoms. The van der Waals surface area contributed by atoms with Gasteiger partial charge in [0.15, 0.2) is 22.1 Å². The van der Waals surface area contributed by atoms with E-state index < -0.39 is 27.0 Å². The Bertz CT molecular complexity index is 1200. The number of nitrogens with zero attached hydrogens (tertiary/aromatic N) is 4. The number of halogens is 3. The molecule has 3 aromatic heterocycles. The fourth-order valence-electron chi connectivity index (χ4n) is 2.64. The zero-order valence-electron chi connectivity index (χ0n) is 14.2. The second-order valence-corrected chi connectivity index (χ2v) is 9.69. The van der Waals surface area contributed by atoms with Crippen LogP contribution in [-0.2, 0) is 10.0 Å². The van der Waals surface area contributed by atoms with Gasteiger partial charge in [-0.25, -0.2) is 26.9 Å². The number of aldehydes is 1. The maximum absolute atomic E-state index is 12.8. The van der Waals surface area contributed by atoms with Crippen LogP contribution in [0.25, 0.3) is 16.3 Å². The highest BCUT2D eigenvalue weighted by atomic mass is 35.5. The topological polar surface area (TPSA) is 106 Å². The van der Waals surface area contributed by atoms with E-state index in [1.54, 1.807) is 6.92 Å². The van der Waals surface area contributed by atoms with Gasteiger partial charge in [-0.15, -0.1) is 10.2 Å². The van der Waals surface area contributed by atoms with Crippen LogP contribution in [-0.4, -0.2) is 39.8 Å². The van der Waals surface area contributed by atoms with Gasteiger partial charge in [-0.2, -0.15) is 0 Å². The summed E-state index contributed by atoms with van der Waals surface area (Å²) in [5.41, 5.74) is -0.422. The van der Waals surface area contributed by atoms with Crippen molar-refractivity contribution in [3.05, 3.63) is 28.0 Å². The van der Waals surface area contributed by atoms with Crippen LogP contribution in [0.15, 0.2) is 17.2 Å². The number of pyridine rings is 1. The number of hydrogen-bond acceptors (Lipinski definition) is 7.